The van der Waals surface area contributed by atoms with Crippen LogP contribution in [0.4, 0.5) is 5.69 Å². The second kappa shape index (κ2) is 10.4. The van der Waals surface area contributed by atoms with E-state index in [1.54, 1.807) is 7.05 Å². The van der Waals surface area contributed by atoms with Crippen LogP contribution in [0, 0.1) is 6.92 Å². The zero-order valence-corrected chi connectivity index (χ0v) is 16.7. The summed E-state index contributed by atoms with van der Waals surface area (Å²) in [5.41, 5.74) is 4.63. The smallest absolute Gasteiger partial charge is 0.221 e. The van der Waals surface area contributed by atoms with Crippen LogP contribution >= 0.6 is 0 Å². The van der Waals surface area contributed by atoms with Crippen LogP contribution in [-0.4, -0.2) is 32.0 Å². The summed E-state index contributed by atoms with van der Waals surface area (Å²) in [5, 5.41) is 9.52. The fourth-order valence-electron chi connectivity index (χ4n) is 2.77. The minimum Gasteiger partial charge on any atom is -0.356 e. The largest absolute Gasteiger partial charge is 0.356 e. The van der Waals surface area contributed by atoms with Crippen molar-refractivity contribution in [3.63, 3.8) is 0 Å². The first-order valence-corrected chi connectivity index (χ1v) is 9.35. The van der Waals surface area contributed by atoms with Gasteiger partial charge in [0, 0.05) is 32.7 Å². The highest BCUT2D eigenvalue weighted by Crippen LogP contribution is 2.14. The molecule has 27 heavy (non-hydrogen) atoms. The van der Waals surface area contributed by atoms with Gasteiger partial charge in [-0.15, -0.1) is 0 Å². The highest BCUT2D eigenvalue weighted by molar-refractivity contribution is 5.88. The summed E-state index contributed by atoms with van der Waals surface area (Å²) in [4.78, 5) is 15.3. The minimum absolute atomic E-state index is 0.0563. The van der Waals surface area contributed by atoms with E-state index in [2.05, 4.69) is 59.1 Å². The molecule has 0 bridgehead atoms. The number of amides is 1. The molecule has 5 heteroatoms. The van der Waals surface area contributed by atoms with Gasteiger partial charge in [0.2, 0.25) is 5.91 Å². The zero-order valence-electron chi connectivity index (χ0n) is 16.7. The van der Waals surface area contributed by atoms with Crippen LogP contribution in [0.1, 0.15) is 36.5 Å². The Labute approximate surface area is 162 Å². The Hall–Kier alpha value is -2.82. The number of rotatable bonds is 7. The summed E-state index contributed by atoms with van der Waals surface area (Å²) in [5.74, 6) is 1.16. The Bertz CT molecular complexity index is 751. The van der Waals surface area contributed by atoms with Gasteiger partial charge in [-0.25, -0.2) is 0 Å². The number of aryl methyl sites for hydroxylation is 1. The summed E-state index contributed by atoms with van der Waals surface area (Å²) < 4.78 is 0. The summed E-state index contributed by atoms with van der Waals surface area (Å²) in [6.45, 7) is 7.44. The van der Waals surface area contributed by atoms with Crippen LogP contribution in [-0.2, 0) is 11.2 Å². The van der Waals surface area contributed by atoms with Crippen molar-refractivity contribution in [2.75, 3.05) is 25.5 Å². The van der Waals surface area contributed by atoms with Crippen molar-refractivity contribution in [1.82, 2.24) is 10.6 Å². The molecule has 144 valence electrons. The molecule has 1 amide bonds. The number of nitrogens with zero attached hydrogens (tertiary/aromatic N) is 1. The predicted octanol–water partition coefficient (Wildman–Crippen LogP) is 3.46. The Balaban J connectivity index is 1.75. The van der Waals surface area contributed by atoms with Crippen LogP contribution in [0.3, 0.4) is 0 Å². The van der Waals surface area contributed by atoms with E-state index in [0.29, 0.717) is 5.92 Å². The molecule has 2 aromatic rings. The number of carbonyl (C=O) groups excluding carboxylic acids is 1. The van der Waals surface area contributed by atoms with E-state index >= 15 is 0 Å². The third kappa shape index (κ3) is 7.13. The average Bonchev–Trinajstić information content (AvgIpc) is 2.65. The molecular weight excluding hydrogens is 336 g/mol. The maximum Gasteiger partial charge on any atom is 0.221 e. The van der Waals surface area contributed by atoms with Gasteiger partial charge in [0.1, 0.15) is 0 Å². The summed E-state index contributed by atoms with van der Waals surface area (Å²) in [7, 11) is 1.79. The molecule has 0 saturated heterocycles. The lowest BCUT2D eigenvalue weighted by Gasteiger charge is -2.16. The lowest BCUT2D eigenvalue weighted by atomic mass is 10.0. The monoisotopic (exact) mass is 366 g/mol. The maximum absolute atomic E-state index is 11.1. The molecule has 0 spiro atoms. The molecule has 5 nitrogen and oxygen atoms in total. The third-order valence-electron chi connectivity index (χ3n) is 4.43. The van der Waals surface area contributed by atoms with E-state index in [0.717, 1.165) is 31.2 Å². The lowest BCUT2D eigenvalue weighted by Crippen LogP contribution is -2.39. The Morgan fingerprint density at radius 3 is 2.30 bits per heavy atom. The van der Waals surface area contributed by atoms with Crippen LogP contribution in [0.25, 0.3) is 0 Å². The molecule has 0 aliphatic rings. The molecule has 0 aliphatic heterocycles. The highest BCUT2D eigenvalue weighted by atomic mass is 16.1. The number of anilines is 1. The molecular formula is C22H30N4O. The van der Waals surface area contributed by atoms with Crippen molar-refractivity contribution in [3.8, 4) is 0 Å². The zero-order chi connectivity index (χ0) is 19.6. The normalized spacial score (nSPS) is 12.4. The van der Waals surface area contributed by atoms with Gasteiger partial charge in [0.25, 0.3) is 0 Å². The Morgan fingerprint density at radius 1 is 1.04 bits per heavy atom. The standard InChI is InChI=1S/C22H30N4O/c1-16-5-9-20(10-6-16)17(2)15-25-22(23-4)24-14-13-19-7-11-21(12-8-19)26-18(3)27/h5-12,17H,13-15H2,1-4H3,(H,26,27)(H2,23,24,25). The first-order chi connectivity index (χ1) is 13.0. The molecule has 0 saturated carbocycles. The number of benzene rings is 2. The van der Waals surface area contributed by atoms with Gasteiger partial charge in [-0.05, 0) is 42.5 Å². The molecule has 0 aromatic heterocycles. The van der Waals surface area contributed by atoms with Crippen molar-refractivity contribution in [2.45, 2.75) is 33.1 Å². The van der Waals surface area contributed by atoms with Gasteiger partial charge in [0.15, 0.2) is 5.96 Å². The number of hydrogen-bond acceptors (Lipinski definition) is 2. The fourth-order valence-corrected chi connectivity index (χ4v) is 2.77. The van der Waals surface area contributed by atoms with Gasteiger partial charge < -0.3 is 16.0 Å². The number of carbonyl (C=O) groups is 1. The molecule has 0 heterocycles. The topological polar surface area (TPSA) is 65.5 Å². The molecule has 1 unspecified atom stereocenters. The third-order valence-corrected chi connectivity index (χ3v) is 4.43. The van der Waals surface area contributed by atoms with Crippen molar-refractivity contribution >= 4 is 17.6 Å². The van der Waals surface area contributed by atoms with E-state index in [9.17, 15) is 4.79 Å². The first-order valence-electron chi connectivity index (χ1n) is 9.35. The fraction of sp³-hybridized carbons (Fsp3) is 0.364. The molecule has 0 fully saturated rings. The minimum atomic E-state index is -0.0563. The average molecular weight is 367 g/mol. The summed E-state index contributed by atoms with van der Waals surface area (Å²) >= 11 is 0. The molecule has 0 aliphatic carbocycles. The van der Waals surface area contributed by atoms with Crippen LogP contribution in [0.5, 0.6) is 0 Å². The first kappa shape index (κ1) is 20.5. The molecule has 1 atom stereocenters. The van der Waals surface area contributed by atoms with Crippen LogP contribution < -0.4 is 16.0 Å². The van der Waals surface area contributed by atoms with Gasteiger partial charge in [-0.3, -0.25) is 9.79 Å². The predicted molar refractivity (Wildman–Crippen MR) is 113 cm³/mol. The number of hydrogen-bond donors (Lipinski definition) is 3. The van der Waals surface area contributed by atoms with Crippen molar-refractivity contribution < 1.29 is 4.79 Å². The van der Waals surface area contributed by atoms with E-state index in [4.69, 9.17) is 0 Å². The maximum atomic E-state index is 11.1. The lowest BCUT2D eigenvalue weighted by molar-refractivity contribution is -0.114. The Morgan fingerprint density at radius 2 is 1.70 bits per heavy atom. The Kier molecular flexibility index (Phi) is 7.86. The second-order valence-corrected chi connectivity index (χ2v) is 6.82. The molecule has 2 rings (SSSR count). The molecule has 0 radical (unpaired) electrons. The number of guanidine groups is 1. The van der Waals surface area contributed by atoms with E-state index in [1.165, 1.54) is 23.6 Å². The van der Waals surface area contributed by atoms with Gasteiger partial charge in [-0.1, -0.05) is 48.9 Å². The second-order valence-electron chi connectivity index (χ2n) is 6.82. The van der Waals surface area contributed by atoms with Crippen LogP contribution in [0.2, 0.25) is 0 Å². The number of aliphatic imine (C=N–C) groups is 1. The SMILES string of the molecule is CN=C(NCCc1ccc(NC(C)=O)cc1)NCC(C)c1ccc(C)cc1. The molecule has 2 aromatic carbocycles. The van der Waals surface area contributed by atoms with Gasteiger partial charge >= 0.3 is 0 Å². The van der Waals surface area contributed by atoms with Gasteiger partial charge in [0.05, 0.1) is 0 Å². The van der Waals surface area contributed by atoms with E-state index in [1.807, 2.05) is 24.3 Å². The van der Waals surface area contributed by atoms with Crippen molar-refractivity contribution in [3.05, 3.63) is 65.2 Å². The van der Waals surface area contributed by atoms with Crippen molar-refractivity contribution in [1.29, 1.82) is 0 Å². The van der Waals surface area contributed by atoms with E-state index in [-0.39, 0.29) is 5.91 Å². The molecule has 3 N–H and O–H groups in total. The van der Waals surface area contributed by atoms with E-state index < -0.39 is 0 Å². The van der Waals surface area contributed by atoms with Crippen LogP contribution in [0.15, 0.2) is 53.5 Å². The van der Waals surface area contributed by atoms with Gasteiger partial charge in [-0.2, -0.15) is 0 Å². The summed E-state index contributed by atoms with van der Waals surface area (Å²) in [6.07, 6.45) is 0.883. The quantitative estimate of drug-likeness (QED) is 0.519. The van der Waals surface area contributed by atoms with Crippen molar-refractivity contribution in [2.24, 2.45) is 4.99 Å². The number of nitrogens with one attached hydrogen (secondary N) is 3. The highest BCUT2D eigenvalue weighted by Gasteiger charge is 2.06. The summed E-state index contributed by atoms with van der Waals surface area (Å²) in [6, 6.07) is 16.6.